The van der Waals surface area contributed by atoms with Gasteiger partial charge in [-0.2, -0.15) is 8.42 Å². The first kappa shape index (κ1) is 21.3. The zero-order valence-electron chi connectivity index (χ0n) is 13.0. The van der Waals surface area contributed by atoms with Crippen LogP contribution in [0.3, 0.4) is 0 Å². The second kappa shape index (κ2) is 9.00. The Kier molecular flexibility index (Phi) is 10.1. The largest absolute Gasteiger partial charge is 0.448 e. The first-order chi connectivity index (χ1) is 8.49. The molecule has 0 aromatic carbocycles. The molecule has 0 rings (SSSR count). The predicted molar refractivity (Wildman–Crippen MR) is 77.6 cm³/mol. The molecule has 0 saturated heterocycles. The van der Waals surface area contributed by atoms with Crippen LogP contribution in [0.4, 0.5) is 0 Å². The van der Waals surface area contributed by atoms with Gasteiger partial charge in [-0.25, -0.2) is 4.48 Å². The summed E-state index contributed by atoms with van der Waals surface area (Å²) in [5.41, 5.74) is 0. The van der Waals surface area contributed by atoms with Gasteiger partial charge in [-0.05, 0) is 6.42 Å². The monoisotopic (exact) mass is 318 g/mol. The van der Waals surface area contributed by atoms with Crippen LogP contribution >= 0.6 is 0 Å². The molecule has 0 spiro atoms. The molecule has 0 heterocycles. The molecule has 0 aliphatic rings. The summed E-state index contributed by atoms with van der Waals surface area (Å²) in [6, 6.07) is 1.29. The molecule has 0 aliphatic carbocycles. The summed E-state index contributed by atoms with van der Waals surface area (Å²) in [6.45, 7) is 0.985. The molecule has 0 aromatic rings. The molecular formula is C10H28NO6SSi+. The smallest absolute Gasteiger partial charge is 0.286 e. The van der Waals surface area contributed by atoms with Crippen molar-refractivity contribution in [3.63, 3.8) is 0 Å². The molecule has 0 aliphatic heterocycles. The minimum Gasteiger partial charge on any atom is -0.286 e. The van der Waals surface area contributed by atoms with Gasteiger partial charge in [0.25, 0.3) is 10.1 Å². The van der Waals surface area contributed by atoms with Crippen LogP contribution in [0, 0.1) is 0 Å². The molecular weight excluding hydrogens is 290 g/mol. The van der Waals surface area contributed by atoms with E-state index in [1.807, 2.05) is 14.1 Å². The molecule has 0 atom stereocenters. The third kappa shape index (κ3) is 8.68. The summed E-state index contributed by atoms with van der Waals surface area (Å²) in [4.78, 5) is 0. The Morgan fingerprint density at radius 3 is 1.68 bits per heavy atom. The molecule has 7 nitrogen and oxygen atoms in total. The lowest BCUT2D eigenvalue weighted by molar-refractivity contribution is -1.02. The SMILES string of the molecule is COC(OC)(OC)[N+](C)(C)CCC[SiH3].CS(=O)(=O)O. The van der Waals surface area contributed by atoms with Gasteiger partial charge >= 0.3 is 6.10 Å². The third-order valence-corrected chi connectivity index (χ3v) is 3.29. The Morgan fingerprint density at radius 2 is 1.47 bits per heavy atom. The fourth-order valence-corrected chi connectivity index (χ4v) is 2.00. The lowest BCUT2D eigenvalue weighted by atomic mass is 10.4. The van der Waals surface area contributed by atoms with Crippen LogP contribution in [0.1, 0.15) is 6.42 Å². The lowest BCUT2D eigenvalue weighted by Crippen LogP contribution is -2.63. The van der Waals surface area contributed by atoms with Crippen molar-refractivity contribution in [2.75, 3.05) is 48.2 Å². The second-order valence-electron chi connectivity index (χ2n) is 4.63. The van der Waals surface area contributed by atoms with Crippen LogP contribution in [0.5, 0.6) is 0 Å². The van der Waals surface area contributed by atoms with Gasteiger partial charge < -0.3 is 0 Å². The zero-order chi connectivity index (χ0) is 15.7. The van der Waals surface area contributed by atoms with Crippen molar-refractivity contribution in [1.82, 2.24) is 0 Å². The first-order valence-corrected chi connectivity index (χ1v) is 9.17. The average molecular weight is 318 g/mol. The lowest BCUT2D eigenvalue weighted by Gasteiger charge is -2.42. The Balaban J connectivity index is 0. The minimum absolute atomic E-state index is 0.554. The van der Waals surface area contributed by atoms with Crippen molar-refractivity contribution < 1.29 is 31.7 Å². The number of hydrogen-bond donors (Lipinski definition) is 1. The van der Waals surface area contributed by atoms with Crippen LogP contribution in [0.15, 0.2) is 0 Å². The number of hydrogen-bond acceptors (Lipinski definition) is 5. The second-order valence-corrected chi connectivity index (χ2v) is 7.10. The van der Waals surface area contributed by atoms with Crippen molar-refractivity contribution in [2.24, 2.45) is 0 Å². The van der Waals surface area contributed by atoms with Crippen LogP contribution in [-0.4, -0.2) is 82.0 Å². The van der Waals surface area contributed by atoms with Crippen LogP contribution in [0.25, 0.3) is 0 Å². The van der Waals surface area contributed by atoms with Crippen molar-refractivity contribution in [2.45, 2.75) is 18.6 Å². The quantitative estimate of drug-likeness (QED) is 0.289. The molecule has 19 heavy (non-hydrogen) atoms. The van der Waals surface area contributed by atoms with Gasteiger partial charge in [-0.15, -0.1) is 0 Å². The first-order valence-electron chi connectivity index (χ1n) is 5.90. The number of methoxy groups -OCH3 is 3. The van der Waals surface area contributed by atoms with Crippen LogP contribution < -0.4 is 0 Å². The highest BCUT2D eigenvalue weighted by Gasteiger charge is 2.48. The van der Waals surface area contributed by atoms with E-state index in [0.29, 0.717) is 10.7 Å². The molecule has 0 amide bonds. The van der Waals surface area contributed by atoms with Crippen molar-refractivity contribution in [1.29, 1.82) is 0 Å². The molecule has 1 N–H and O–H groups in total. The number of ether oxygens (including phenoxy) is 3. The maximum absolute atomic E-state index is 9.19. The van der Waals surface area contributed by atoms with Gasteiger partial charge in [0.15, 0.2) is 0 Å². The molecule has 0 radical (unpaired) electrons. The van der Waals surface area contributed by atoms with Gasteiger partial charge in [0.05, 0.1) is 26.9 Å². The fourth-order valence-electron chi connectivity index (χ4n) is 1.68. The van der Waals surface area contributed by atoms with Crippen molar-refractivity contribution >= 4 is 20.4 Å². The van der Waals surface area contributed by atoms with Gasteiger partial charge in [0.2, 0.25) is 0 Å². The fraction of sp³-hybridized carbons (Fsp3) is 1.00. The van der Waals surface area contributed by atoms with E-state index >= 15 is 0 Å². The van der Waals surface area contributed by atoms with Crippen LogP contribution in [0.2, 0.25) is 6.04 Å². The molecule has 0 bridgehead atoms. The number of rotatable bonds is 7. The van der Waals surface area contributed by atoms with E-state index in [0.717, 1.165) is 6.54 Å². The Labute approximate surface area is 119 Å². The van der Waals surface area contributed by atoms with Crippen molar-refractivity contribution in [3.8, 4) is 0 Å². The molecule has 0 fully saturated rings. The van der Waals surface area contributed by atoms with Gasteiger partial charge in [0.1, 0.15) is 0 Å². The molecule has 0 aromatic heterocycles. The average Bonchev–Trinajstić information content (AvgIpc) is 2.27. The molecule has 0 unspecified atom stereocenters. The van der Waals surface area contributed by atoms with Crippen molar-refractivity contribution in [3.05, 3.63) is 0 Å². The number of quaternary nitrogens is 1. The standard InChI is InChI=1S/C9H24NO3Si.CH4O3S/c1-10(2,7-6-8-14)9(11-3,12-4)13-5;1-5(2,3)4/h6-8H2,1-5,14H3;1H3,(H,2,3,4)/q+1;. The van der Waals surface area contributed by atoms with Crippen LogP contribution in [-0.2, 0) is 24.3 Å². The van der Waals surface area contributed by atoms with E-state index in [1.54, 1.807) is 21.3 Å². The Morgan fingerprint density at radius 1 is 1.16 bits per heavy atom. The summed E-state index contributed by atoms with van der Waals surface area (Å²) < 4.78 is 42.4. The molecule has 9 heteroatoms. The minimum atomic E-state index is -3.67. The highest BCUT2D eigenvalue weighted by molar-refractivity contribution is 7.85. The molecule has 118 valence electrons. The van der Waals surface area contributed by atoms with E-state index < -0.39 is 16.2 Å². The van der Waals surface area contributed by atoms with E-state index in [4.69, 9.17) is 18.8 Å². The number of nitrogens with zero attached hydrogens (tertiary/aromatic N) is 1. The third-order valence-electron chi connectivity index (χ3n) is 2.59. The van der Waals surface area contributed by atoms with E-state index in [9.17, 15) is 8.42 Å². The summed E-state index contributed by atoms with van der Waals surface area (Å²) in [6.07, 6.45) is 0.917. The summed E-state index contributed by atoms with van der Waals surface area (Å²) in [5, 5.41) is 0. The summed E-state index contributed by atoms with van der Waals surface area (Å²) in [7, 11) is 6.49. The Bertz CT molecular complexity index is 313. The predicted octanol–water partition coefficient (Wildman–Crippen LogP) is -0.709. The highest BCUT2D eigenvalue weighted by atomic mass is 32.2. The normalized spacial score (nSPS) is 13.0. The maximum Gasteiger partial charge on any atom is 0.448 e. The van der Waals surface area contributed by atoms with Gasteiger partial charge in [-0.3, -0.25) is 18.8 Å². The van der Waals surface area contributed by atoms with E-state index in [1.165, 1.54) is 22.7 Å². The Hall–Kier alpha value is -0.0331. The highest BCUT2D eigenvalue weighted by Crippen LogP contribution is 2.24. The topological polar surface area (TPSA) is 82.1 Å². The van der Waals surface area contributed by atoms with Gasteiger partial charge in [0, 0.05) is 31.6 Å². The molecule has 0 saturated carbocycles. The van der Waals surface area contributed by atoms with Gasteiger partial charge in [-0.1, -0.05) is 6.04 Å². The van der Waals surface area contributed by atoms with E-state index in [2.05, 4.69) is 0 Å². The summed E-state index contributed by atoms with van der Waals surface area (Å²) >= 11 is 0. The van der Waals surface area contributed by atoms with E-state index in [-0.39, 0.29) is 0 Å². The zero-order valence-corrected chi connectivity index (χ0v) is 15.8. The maximum atomic E-state index is 9.19. The summed E-state index contributed by atoms with van der Waals surface area (Å²) in [5.74, 6) is 0.